The van der Waals surface area contributed by atoms with Crippen LogP contribution in [0.1, 0.15) is 25.1 Å². The number of alkyl halides is 2. The summed E-state index contributed by atoms with van der Waals surface area (Å²) in [6.45, 7) is 0.0745. The molecule has 0 aliphatic carbocycles. The van der Waals surface area contributed by atoms with Crippen LogP contribution in [-0.2, 0) is 6.54 Å². The predicted molar refractivity (Wildman–Crippen MR) is 68.1 cm³/mol. The van der Waals surface area contributed by atoms with Crippen LogP contribution in [0.5, 0.6) is 0 Å². The molecule has 1 aliphatic rings. The maximum Gasteiger partial charge on any atom is 0.333 e. The molecule has 2 rings (SSSR count). The zero-order chi connectivity index (χ0) is 12.3. The van der Waals surface area contributed by atoms with Crippen molar-refractivity contribution in [2.75, 3.05) is 20.1 Å². The van der Waals surface area contributed by atoms with E-state index in [0.29, 0.717) is 23.0 Å². The van der Waals surface area contributed by atoms with Gasteiger partial charge in [-0.1, -0.05) is 0 Å². The Morgan fingerprint density at radius 3 is 2.94 bits per heavy atom. The summed E-state index contributed by atoms with van der Waals surface area (Å²) in [6.07, 6.45) is 3.65. The Bertz CT molecular complexity index is 359. The number of halogens is 3. The third-order valence-corrected chi connectivity index (χ3v) is 3.16. The van der Waals surface area contributed by atoms with Crippen molar-refractivity contribution < 1.29 is 8.78 Å². The molecule has 0 spiro atoms. The van der Waals surface area contributed by atoms with Crippen LogP contribution in [-0.4, -0.2) is 40.9 Å². The van der Waals surface area contributed by atoms with E-state index in [4.69, 9.17) is 0 Å². The Hall–Kier alpha value is -0.720. The SMILES string of the molecule is CNC1CCCN(Cc2ccn(C(F)F)n2)C1.Cl. The van der Waals surface area contributed by atoms with Crippen LogP contribution in [0.25, 0.3) is 0 Å². The molecule has 0 radical (unpaired) electrons. The minimum atomic E-state index is -2.55. The van der Waals surface area contributed by atoms with Crippen molar-refractivity contribution in [1.29, 1.82) is 0 Å². The van der Waals surface area contributed by atoms with Crippen LogP contribution in [0.2, 0.25) is 0 Å². The zero-order valence-corrected chi connectivity index (χ0v) is 11.2. The highest BCUT2D eigenvalue weighted by molar-refractivity contribution is 5.85. The smallest absolute Gasteiger partial charge is 0.316 e. The van der Waals surface area contributed by atoms with E-state index in [1.807, 2.05) is 7.05 Å². The molecule has 1 aromatic heterocycles. The molecule has 1 N–H and O–H groups in total. The first kappa shape index (κ1) is 15.3. The van der Waals surface area contributed by atoms with Gasteiger partial charge in [-0.05, 0) is 32.5 Å². The number of aromatic nitrogens is 2. The number of hydrogen-bond donors (Lipinski definition) is 1. The van der Waals surface area contributed by atoms with Crippen molar-refractivity contribution in [2.45, 2.75) is 32.0 Å². The fourth-order valence-corrected chi connectivity index (χ4v) is 2.23. The Kier molecular flexibility index (Phi) is 5.98. The second-order valence-corrected chi connectivity index (χ2v) is 4.43. The average molecular weight is 281 g/mol. The molecule has 4 nitrogen and oxygen atoms in total. The fourth-order valence-electron chi connectivity index (χ4n) is 2.23. The fraction of sp³-hybridized carbons (Fsp3) is 0.727. The number of nitrogens with one attached hydrogen (secondary N) is 1. The summed E-state index contributed by atoms with van der Waals surface area (Å²) in [4.78, 5) is 2.25. The summed E-state index contributed by atoms with van der Waals surface area (Å²) in [5.41, 5.74) is 0.710. The van der Waals surface area contributed by atoms with Crippen molar-refractivity contribution in [2.24, 2.45) is 0 Å². The number of likely N-dealkylation sites (N-methyl/N-ethyl adjacent to an activating group) is 1. The van der Waals surface area contributed by atoms with Gasteiger partial charge in [-0.25, -0.2) is 4.68 Å². The Balaban J connectivity index is 0.00000162. The Labute approximate surface area is 112 Å². The van der Waals surface area contributed by atoms with E-state index in [-0.39, 0.29) is 12.4 Å². The van der Waals surface area contributed by atoms with E-state index in [9.17, 15) is 8.78 Å². The summed E-state index contributed by atoms with van der Waals surface area (Å²) in [7, 11) is 1.96. The first-order chi connectivity index (χ1) is 8.19. The lowest BCUT2D eigenvalue weighted by Gasteiger charge is -2.31. The molecule has 7 heteroatoms. The number of hydrogen-bond acceptors (Lipinski definition) is 3. The molecule has 0 saturated carbocycles. The molecule has 0 bridgehead atoms. The number of piperidine rings is 1. The highest BCUT2D eigenvalue weighted by atomic mass is 35.5. The van der Waals surface area contributed by atoms with Crippen molar-refractivity contribution in [3.8, 4) is 0 Å². The van der Waals surface area contributed by atoms with E-state index >= 15 is 0 Å². The Morgan fingerprint density at radius 1 is 1.56 bits per heavy atom. The number of likely N-dealkylation sites (tertiary alicyclic amines) is 1. The van der Waals surface area contributed by atoms with Gasteiger partial charge in [0.25, 0.3) is 0 Å². The molecule has 0 aromatic carbocycles. The molecule has 1 saturated heterocycles. The minimum absolute atomic E-state index is 0. The highest BCUT2D eigenvalue weighted by Gasteiger charge is 2.19. The average Bonchev–Trinajstić information content (AvgIpc) is 2.78. The summed E-state index contributed by atoms with van der Waals surface area (Å²) < 4.78 is 25.4. The second kappa shape index (κ2) is 7.01. The van der Waals surface area contributed by atoms with Gasteiger partial charge in [0.2, 0.25) is 0 Å². The van der Waals surface area contributed by atoms with Gasteiger partial charge in [0.1, 0.15) is 0 Å². The minimum Gasteiger partial charge on any atom is -0.316 e. The lowest BCUT2D eigenvalue weighted by atomic mass is 10.1. The van der Waals surface area contributed by atoms with Crippen LogP contribution in [0.3, 0.4) is 0 Å². The van der Waals surface area contributed by atoms with Gasteiger partial charge < -0.3 is 5.32 Å². The third-order valence-electron chi connectivity index (χ3n) is 3.16. The quantitative estimate of drug-likeness (QED) is 0.914. The van der Waals surface area contributed by atoms with Gasteiger partial charge in [0.15, 0.2) is 0 Å². The molecule has 1 atom stereocenters. The summed E-state index contributed by atoms with van der Waals surface area (Å²) >= 11 is 0. The highest BCUT2D eigenvalue weighted by Crippen LogP contribution is 2.14. The molecule has 0 amide bonds. The van der Waals surface area contributed by atoms with Crippen LogP contribution in [0.15, 0.2) is 12.3 Å². The van der Waals surface area contributed by atoms with Gasteiger partial charge in [0.05, 0.1) is 5.69 Å². The van der Waals surface area contributed by atoms with Crippen LogP contribution in [0, 0.1) is 0 Å². The van der Waals surface area contributed by atoms with E-state index in [2.05, 4.69) is 15.3 Å². The molecule has 2 heterocycles. The summed E-state index contributed by atoms with van der Waals surface area (Å²) in [6, 6.07) is 2.16. The standard InChI is InChI=1S/C11H18F2N4.ClH/c1-14-9-3-2-5-16(7-9)8-10-4-6-17(15-10)11(12)13;/h4,6,9,11,14H,2-3,5,7-8H2,1H3;1H. The molecule has 1 aliphatic heterocycles. The van der Waals surface area contributed by atoms with Crippen LogP contribution >= 0.6 is 12.4 Å². The van der Waals surface area contributed by atoms with Crippen molar-refractivity contribution in [3.05, 3.63) is 18.0 Å². The number of rotatable bonds is 4. The maximum atomic E-state index is 12.4. The van der Waals surface area contributed by atoms with Gasteiger partial charge in [-0.3, -0.25) is 4.90 Å². The topological polar surface area (TPSA) is 33.1 Å². The zero-order valence-electron chi connectivity index (χ0n) is 10.4. The van der Waals surface area contributed by atoms with E-state index in [0.717, 1.165) is 19.5 Å². The first-order valence-corrected chi connectivity index (χ1v) is 5.91. The van der Waals surface area contributed by atoms with E-state index in [1.54, 1.807) is 6.07 Å². The molecular weight excluding hydrogens is 262 g/mol. The van der Waals surface area contributed by atoms with E-state index < -0.39 is 6.55 Å². The molecule has 18 heavy (non-hydrogen) atoms. The van der Waals surface area contributed by atoms with Crippen molar-refractivity contribution >= 4 is 12.4 Å². The van der Waals surface area contributed by atoms with Crippen molar-refractivity contribution in [1.82, 2.24) is 20.0 Å². The summed E-state index contributed by atoms with van der Waals surface area (Å²) in [5.74, 6) is 0. The van der Waals surface area contributed by atoms with Gasteiger partial charge in [-0.2, -0.15) is 13.9 Å². The lowest BCUT2D eigenvalue weighted by molar-refractivity contribution is 0.0556. The van der Waals surface area contributed by atoms with Crippen LogP contribution in [0.4, 0.5) is 8.78 Å². The maximum absolute atomic E-state index is 12.4. The Morgan fingerprint density at radius 2 is 2.33 bits per heavy atom. The van der Waals surface area contributed by atoms with Gasteiger partial charge in [0, 0.05) is 25.3 Å². The van der Waals surface area contributed by atoms with Gasteiger partial charge in [-0.15, -0.1) is 12.4 Å². The monoisotopic (exact) mass is 280 g/mol. The van der Waals surface area contributed by atoms with Crippen LogP contribution < -0.4 is 5.32 Å². The normalized spacial score (nSPS) is 21.0. The predicted octanol–water partition coefficient (Wildman–Crippen LogP) is 1.88. The molecule has 1 aromatic rings. The van der Waals surface area contributed by atoms with Gasteiger partial charge >= 0.3 is 6.55 Å². The molecule has 104 valence electrons. The molecule has 1 fully saturated rings. The summed E-state index contributed by atoms with van der Waals surface area (Å²) in [5, 5.41) is 7.12. The lowest BCUT2D eigenvalue weighted by Crippen LogP contribution is -2.43. The molecular formula is C11H19ClF2N4. The third kappa shape index (κ3) is 3.90. The van der Waals surface area contributed by atoms with E-state index in [1.165, 1.54) is 12.6 Å². The number of nitrogens with zero attached hydrogens (tertiary/aromatic N) is 3. The largest absolute Gasteiger partial charge is 0.333 e. The van der Waals surface area contributed by atoms with Crippen molar-refractivity contribution in [3.63, 3.8) is 0 Å². The first-order valence-electron chi connectivity index (χ1n) is 5.91. The second-order valence-electron chi connectivity index (χ2n) is 4.43. The molecule has 1 unspecified atom stereocenters.